The molecule has 0 unspecified atom stereocenters. The van der Waals surface area contributed by atoms with Gasteiger partial charge in [0.25, 0.3) is 0 Å². The van der Waals surface area contributed by atoms with Crippen LogP contribution in [-0.4, -0.2) is 17.1 Å². The minimum Gasteiger partial charge on any atom is -0.496 e. The van der Waals surface area contributed by atoms with Crippen molar-refractivity contribution in [2.45, 2.75) is 19.8 Å². The summed E-state index contributed by atoms with van der Waals surface area (Å²) in [5, 5.41) is 8.74. The first kappa shape index (κ1) is 13.0. The Morgan fingerprint density at radius 3 is 2.42 bits per heavy atom. The lowest BCUT2D eigenvalue weighted by atomic mass is 9.99. The molecule has 0 N–H and O–H groups in total. The van der Waals surface area contributed by atoms with E-state index in [4.69, 9.17) is 10.00 Å². The lowest BCUT2D eigenvalue weighted by Crippen LogP contribution is -1.96. The summed E-state index contributed by atoms with van der Waals surface area (Å²) in [5.41, 5.74) is 2.50. The topological polar surface area (TPSA) is 58.8 Å². The van der Waals surface area contributed by atoms with Gasteiger partial charge < -0.3 is 4.74 Å². The highest BCUT2D eigenvalue weighted by Gasteiger charge is 2.10. The predicted molar refractivity (Wildman–Crippen MR) is 72.8 cm³/mol. The smallest absolute Gasteiger partial charge is 0.159 e. The van der Waals surface area contributed by atoms with Crippen LogP contribution in [0.4, 0.5) is 0 Å². The van der Waals surface area contributed by atoms with Crippen LogP contribution in [0.25, 0.3) is 11.4 Å². The zero-order valence-electron chi connectivity index (χ0n) is 11.2. The maximum atomic E-state index is 8.74. The first-order valence-corrected chi connectivity index (χ1v) is 6.06. The monoisotopic (exact) mass is 253 g/mol. The van der Waals surface area contributed by atoms with Crippen LogP contribution in [0.5, 0.6) is 5.75 Å². The molecule has 0 saturated carbocycles. The van der Waals surface area contributed by atoms with Gasteiger partial charge in [-0.25, -0.2) is 9.97 Å². The van der Waals surface area contributed by atoms with E-state index in [1.165, 1.54) is 12.4 Å². The van der Waals surface area contributed by atoms with Crippen LogP contribution in [0.3, 0.4) is 0 Å². The number of rotatable bonds is 3. The van der Waals surface area contributed by atoms with E-state index >= 15 is 0 Å². The molecule has 0 radical (unpaired) electrons. The molecule has 0 amide bonds. The number of aromatic nitrogens is 2. The molecular formula is C15H15N3O. The van der Waals surface area contributed by atoms with Gasteiger partial charge in [0.05, 0.1) is 12.7 Å². The molecule has 0 spiro atoms. The Labute approximate surface area is 112 Å². The molecule has 0 bridgehead atoms. The minimum atomic E-state index is 0.355. The first-order valence-electron chi connectivity index (χ1n) is 6.06. The van der Waals surface area contributed by atoms with E-state index in [1.807, 2.05) is 24.3 Å². The molecule has 0 aliphatic rings. The summed E-state index contributed by atoms with van der Waals surface area (Å²) in [6.45, 7) is 4.22. The van der Waals surface area contributed by atoms with E-state index in [-0.39, 0.29) is 0 Å². The average molecular weight is 253 g/mol. The van der Waals surface area contributed by atoms with Gasteiger partial charge in [-0.2, -0.15) is 5.26 Å². The van der Waals surface area contributed by atoms with Crippen LogP contribution in [0.2, 0.25) is 0 Å². The van der Waals surface area contributed by atoms with Crippen molar-refractivity contribution in [1.29, 1.82) is 5.26 Å². The van der Waals surface area contributed by atoms with E-state index in [9.17, 15) is 0 Å². The summed E-state index contributed by atoms with van der Waals surface area (Å²) in [6, 6.07) is 7.89. The molecule has 1 heterocycles. The highest BCUT2D eigenvalue weighted by atomic mass is 16.5. The van der Waals surface area contributed by atoms with Crippen LogP contribution in [-0.2, 0) is 0 Å². The van der Waals surface area contributed by atoms with E-state index < -0.39 is 0 Å². The summed E-state index contributed by atoms with van der Waals surface area (Å²) in [6.07, 6.45) is 3.06. The van der Waals surface area contributed by atoms with Gasteiger partial charge in [0.2, 0.25) is 0 Å². The molecule has 0 aliphatic carbocycles. The molecule has 96 valence electrons. The van der Waals surface area contributed by atoms with Gasteiger partial charge in [0.15, 0.2) is 5.82 Å². The number of hydrogen-bond acceptors (Lipinski definition) is 4. The van der Waals surface area contributed by atoms with Crippen molar-refractivity contribution < 1.29 is 4.74 Å². The Kier molecular flexibility index (Phi) is 3.76. The van der Waals surface area contributed by atoms with E-state index in [0.717, 1.165) is 16.9 Å². The molecule has 1 aromatic heterocycles. The van der Waals surface area contributed by atoms with Crippen molar-refractivity contribution in [2.75, 3.05) is 7.11 Å². The Balaban J connectivity index is 2.45. The molecule has 4 heteroatoms. The molecule has 0 fully saturated rings. The molecule has 0 aliphatic heterocycles. The standard InChI is InChI=1S/C15H15N3O/c1-10(2)13-6-12(4-5-14(13)19-3)15-17-8-11(7-16)9-18-15/h4-6,8-10H,1-3H3. The van der Waals surface area contributed by atoms with Crippen molar-refractivity contribution in [3.63, 3.8) is 0 Å². The number of ether oxygens (including phenoxy) is 1. The van der Waals surface area contributed by atoms with Crippen LogP contribution in [0, 0.1) is 11.3 Å². The Hall–Kier alpha value is -2.41. The second-order valence-electron chi connectivity index (χ2n) is 4.52. The van der Waals surface area contributed by atoms with Crippen molar-refractivity contribution in [1.82, 2.24) is 9.97 Å². The SMILES string of the molecule is COc1ccc(-c2ncc(C#N)cn2)cc1C(C)C. The van der Waals surface area contributed by atoms with E-state index in [1.54, 1.807) is 7.11 Å². The molecule has 19 heavy (non-hydrogen) atoms. The number of benzene rings is 1. The van der Waals surface area contributed by atoms with Crippen molar-refractivity contribution in [3.8, 4) is 23.2 Å². The van der Waals surface area contributed by atoms with Crippen molar-refractivity contribution >= 4 is 0 Å². The van der Waals surface area contributed by atoms with Crippen molar-refractivity contribution in [2.24, 2.45) is 0 Å². The molecule has 0 atom stereocenters. The molecule has 2 rings (SSSR count). The van der Waals surface area contributed by atoms with Crippen LogP contribution >= 0.6 is 0 Å². The maximum Gasteiger partial charge on any atom is 0.159 e. The van der Waals surface area contributed by atoms with Gasteiger partial charge in [0.1, 0.15) is 11.8 Å². The molecule has 2 aromatic rings. The van der Waals surface area contributed by atoms with Gasteiger partial charge in [-0.05, 0) is 29.7 Å². The Morgan fingerprint density at radius 2 is 1.89 bits per heavy atom. The third-order valence-electron chi connectivity index (χ3n) is 2.89. The molecule has 4 nitrogen and oxygen atoms in total. The number of nitriles is 1. The number of methoxy groups -OCH3 is 1. The van der Waals surface area contributed by atoms with Crippen molar-refractivity contribution in [3.05, 3.63) is 41.7 Å². The Bertz CT molecular complexity index is 612. The van der Waals surface area contributed by atoms with Crippen LogP contribution < -0.4 is 4.74 Å². The molecular weight excluding hydrogens is 238 g/mol. The fourth-order valence-corrected chi connectivity index (χ4v) is 1.86. The fraction of sp³-hybridized carbons (Fsp3) is 0.267. The summed E-state index contributed by atoms with van der Waals surface area (Å²) in [4.78, 5) is 8.40. The summed E-state index contributed by atoms with van der Waals surface area (Å²) < 4.78 is 5.35. The largest absolute Gasteiger partial charge is 0.496 e. The lowest BCUT2D eigenvalue weighted by molar-refractivity contribution is 0.407. The normalized spacial score (nSPS) is 10.3. The van der Waals surface area contributed by atoms with Gasteiger partial charge in [-0.15, -0.1) is 0 Å². The number of hydrogen-bond donors (Lipinski definition) is 0. The zero-order chi connectivity index (χ0) is 13.8. The highest BCUT2D eigenvalue weighted by molar-refractivity contribution is 5.59. The Morgan fingerprint density at radius 1 is 1.21 bits per heavy atom. The first-order chi connectivity index (χ1) is 9.15. The number of nitrogens with zero attached hydrogens (tertiary/aromatic N) is 3. The molecule has 1 aromatic carbocycles. The summed E-state index contributed by atoms with van der Waals surface area (Å²) in [5.74, 6) is 1.84. The zero-order valence-corrected chi connectivity index (χ0v) is 11.2. The maximum absolute atomic E-state index is 8.74. The fourth-order valence-electron chi connectivity index (χ4n) is 1.86. The van der Waals surface area contributed by atoms with Gasteiger partial charge >= 0.3 is 0 Å². The summed E-state index contributed by atoms with van der Waals surface area (Å²) in [7, 11) is 1.67. The second kappa shape index (κ2) is 5.49. The van der Waals surface area contributed by atoms with E-state index in [2.05, 4.69) is 23.8 Å². The third-order valence-corrected chi connectivity index (χ3v) is 2.89. The van der Waals surface area contributed by atoms with Crippen LogP contribution in [0.1, 0.15) is 30.9 Å². The van der Waals surface area contributed by atoms with Crippen LogP contribution in [0.15, 0.2) is 30.6 Å². The predicted octanol–water partition coefficient (Wildman–Crippen LogP) is 3.15. The molecule has 0 saturated heterocycles. The van der Waals surface area contributed by atoms with Gasteiger partial charge in [-0.1, -0.05) is 13.8 Å². The lowest BCUT2D eigenvalue weighted by Gasteiger charge is -2.13. The minimum absolute atomic E-state index is 0.355. The van der Waals surface area contributed by atoms with E-state index in [0.29, 0.717) is 17.3 Å². The quantitative estimate of drug-likeness (QED) is 0.843. The van der Waals surface area contributed by atoms with Gasteiger partial charge in [0, 0.05) is 18.0 Å². The summed E-state index contributed by atoms with van der Waals surface area (Å²) >= 11 is 0. The highest BCUT2D eigenvalue weighted by Crippen LogP contribution is 2.30. The average Bonchev–Trinajstić information content (AvgIpc) is 2.46. The third kappa shape index (κ3) is 2.71. The van der Waals surface area contributed by atoms with Gasteiger partial charge in [-0.3, -0.25) is 0 Å². The second-order valence-corrected chi connectivity index (χ2v) is 4.52.